The number of halogens is 2. The molecule has 0 saturated heterocycles. The largest absolute Gasteiger partial charge is 0.247 e. The number of aromatic nitrogens is 5. The zero-order valence-corrected chi connectivity index (χ0v) is 13.1. The molecule has 1 aromatic carbocycles. The van der Waals surface area contributed by atoms with Gasteiger partial charge in [0.2, 0.25) is 5.16 Å². The molecule has 5 nitrogen and oxygen atoms in total. The van der Waals surface area contributed by atoms with Crippen molar-refractivity contribution in [3.8, 4) is 5.69 Å². The predicted molar refractivity (Wildman–Crippen MR) is 80.2 cm³/mol. The predicted octanol–water partition coefficient (Wildman–Crippen LogP) is 3.62. The van der Waals surface area contributed by atoms with Crippen LogP contribution in [0, 0.1) is 0 Å². The summed E-state index contributed by atoms with van der Waals surface area (Å²) in [7, 11) is 0. The molecular formula is C12H7BrClN5S. The van der Waals surface area contributed by atoms with Gasteiger partial charge < -0.3 is 0 Å². The average Bonchev–Trinajstić information content (AvgIpc) is 2.91. The first-order valence-corrected chi connectivity index (χ1v) is 7.55. The van der Waals surface area contributed by atoms with Gasteiger partial charge in [-0.2, -0.15) is 4.68 Å². The second-order valence-electron chi connectivity index (χ2n) is 3.75. The Bertz CT molecular complexity index is 734. The van der Waals surface area contributed by atoms with Crippen molar-refractivity contribution in [2.75, 3.05) is 0 Å². The highest BCUT2D eigenvalue weighted by molar-refractivity contribution is 9.10. The van der Waals surface area contributed by atoms with E-state index in [1.165, 1.54) is 11.8 Å². The molecular weight excluding hydrogens is 362 g/mol. The first kappa shape index (κ1) is 13.5. The maximum atomic E-state index is 6.15. The molecule has 0 saturated carbocycles. The molecule has 2 heterocycles. The fraction of sp³-hybridized carbons (Fsp3) is 0. The van der Waals surface area contributed by atoms with E-state index in [-0.39, 0.29) is 0 Å². The van der Waals surface area contributed by atoms with Gasteiger partial charge in [0.25, 0.3) is 0 Å². The molecule has 3 aromatic rings. The molecule has 3 rings (SSSR count). The molecule has 0 fully saturated rings. The first-order chi connectivity index (χ1) is 9.74. The summed E-state index contributed by atoms with van der Waals surface area (Å²) in [5.41, 5.74) is 0.883. The summed E-state index contributed by atoms with van der Waals surface area (Å²) >= 11 is 10.8. The maximum Gasteiger partial charge on any atom is 0.220 e. The van der Waals surface area contributed by atoms with Gasteiger partial charge in [0, 0.05) is 10.7 Å². The van der Waals surface area contributed by atoms with Crippen molar-refractivity contribution < 1.29 is 0 Å². The van der Waals surface area contributed by atoms with Gasteiger partial charge >= 0.3 is 0 Å². The third-order valence-corrected chi connectivity index (χ3v) is 4.19. The molecule has 0 aliphatic rings. The van der Waals surface area contributed by atoms with E-state index in [9.17, 15) is 0 Å². The van der Waals surface area contributed by atoms with Gasteiger partial charge in [-0.05, 0) is 56.3 Å². The van der Waals surface area contributed by atoms with Crippen LogP contribution in [0.2, 0.25) is 5.02 Å². The van der Waals surface area contributed by atoms with E-state index in [1.807, 2.05) is 30.3 Å². The number of para-hydroxylation sites is 1. The average molecular weight is 369 g/mol. The molecule has 0 unspecified atom stereocenters. The van der Waals surface area contributed by atoms with E-state index in [0.29, 0.717) is 15.2 Å². The molecule has 100 valence electrons. The summed E-state index contributed by atoms with van der Waals surface area (Å²) in [5.74, 6) is 0. The van der Waals surface area contributed by atoms with E-state index in [4.69, 9.17) is 11.6 Å². The standard InChI is InChI=1S/C12H7BrClN5S/c13-8-6-10(14)11(15-7-8)20-12-16-17-18-19(12)9-4-2-1-3-5-9/h1-7H. The van der Waals surface area contributed by atoms with E-state index in [2.05, 4.69) is 36.4 Å². The minimum absolute atomic E-state index is 0.548. The molecule has 0 radical (unpaired) electrons. The Hall–Kier alpha value is -1.44. The Labute approximate surface area is 132 Å². The summed E-state index contributed by atoms with van der Waals surface area (Å²) < 4.78 is 2.47. The molecule has 0 spiro atoms. The van der Waals surface area contributed by atoms with Gasteiger partial charge in [-0.3, -0.25) is 0 Å². The second-order valence-corrected chi connectivity index (χ2v) is 6.03. The van der Waals surface area contributed by atoms with Crippen LogP contribution in [0.5, 0.6) is 0 Å². The molecule has 0 N–H and O–H groups in total. The van der Waals surface area contributed by atoms with Crippen molar-refractivity contribution in [1.82, 2.24) is 25.2 Å². The van der Waals surface area contributed by atoms with Crippen LogP contribution in [0.3, 0.4) is 0 Å². The molecule has 0 aliphatic heterocycles. The second kappa shape index (κ2) is 5.90. The Morgan fingerprint density at radius 2 is 2.00 bits per heavy atom. The fourth-order valence-corrected chi connectivity index (χ4v) is 3.02. The maximum absolute atomic E-state index is 6.15. The minimum atomic E-state index is 0.548. The lowest BCUT2D eigenvalue weighted by Crippen LogP contribution is -1.98. The van der Waals surface area contributed by atoms with Crippen molar-refractivity contribution in [2.45, 2.75) is 10.2 Å². The Balaban J connectivity index is 1.95. The quantitative estimate of drug-likeness (QED) is 0.706. The van der Waals surface area contributed by atoms with Crippen molar-refractivity contribution in [2.24, 2.45) is 0 Å². The SMILES string of the molecule is Clc1cc(Br)cnc1Sc1nnnn1-c1ccccc1. The van der Waals surface area contributed by atoms with Crippen molar-refractivity contribution in [1.29, 1.82) is 0 Å². The molecule has 0 aliphatic carbocycles. The van der Waals surface area contributed by atoms with Gasteiger partial charge in [-0.1, -0.05) is 29.8 Å². The fourth-order valence-electron chi connectivity index (χ4n) is 1.54. The summed E-state index contributed by atoms with van der Waals surface area (Å²) in [6, 6.07) is 11.4. The lowest BCUT2D eigenvalue weighted by atomic mass is 10.3. The van der Waals surface area contributed by atoms with Crippen molar-refractivity contribution in [3.05, 3.63) is 52.1 Å². The number of tetrazole rings is 1. The van der Waals surface area contributed by atoms with Gasteiger partial charge in [-0.25, -0.2) is 4.98 Å². The normalized spacial score (nSPS) is 10.7. The van der Waals surface area contributed by atoms with Crippen LogP contribution in [-0.2, 0) is 0 Å². The first-order valence-electron chi connectivity index (χ1n) is 5.57. The molecule has 0 bridgehead atoms. The summed E-state index contributed by atoms with van der Waals surface area (Å²) in [6.07, 6.45) is 1.69. The number of benzene rings is 1. The van der Waals surface area contributed by atoms with Crippen LogP contribution in [0.25, 0.3) is 5.69 Å². The van der Waals surface area contributed by atoms with Gasteiger partial charge in [0.15, 0.2) is 0 Å². The highest BCUT2D eigenvalue weighted by Crippen LogP contribution is 2.32. The van der Waals surface area contributed by atoms with E-state index >= 15 is 0 Å². The Kier molecular flexibility index (Phi) is 4.00. The van der Waals surface area contributed by atoms with Crippen LogP contribution < -0.4 is 0 Å². The highest BCUT2D eigenvalue weighted by Gasteiger charge is 2.13. The lowest BCUT2D eigenvalue weighted by molar-refractivity contribution is 0.756. The zero-order chi connectivity index (χ0) is 13.9. The number of nitrogens with zero attached hydrogens (tertiary/aromatic N) is 5. The van der Waals surface area contributed by atoms with E-state index in [0.717, 1.165) is 10.2 Å². The highest BCUT2D eigenvalue weighted by atomic mass is 79.9. The number of rotatable bonds is 3. The molecule has 8 heteroatoms. The van der Waals surface area contributed by atoms with Gasteiger partial charge in [-0.15, -0.1) is 5.10 Å². The third kappa shape index (κ3) is 2.84. The number of hydrogen-bond donors (Lipinski definition) is 0. The molecule has 20 heavy (non-hydrogen) atoms. The molecule has 2 aromatic heterocycles. The summed E-state index contributed by atoms with van der Waals surface area (Å²) in [6.45, 7) is 0. The van der Waals surface area contributed by atoms with Crippen LogP contribution in [0.4, 0.5) is 0 Å². The number of pyridine rings is 1. The molecule has 0 atom stereocenters. The topological polar surface area (TPSA) is 56.5 Å². The van der Waals surface area contributed by atoms with Crippen LogP contribution in [-0.4, -0.2) is 25.2 Å². The van der Waals surface area contributed by atoms with Crippen LogP contribution in [0.1, 0.15) is 0 Å². The Morgan fingerprint density at radius 1 is 1.20 bits per heavy atom. The van der Waals surface area contributed by atoms with Crippen LogP contribution >= 0.6 is 39.3 Å². The van der Waals surface area contributed by atoms with Crippen molar-refractivity contribution in [3.63, 3.8) is 0 Å². The van der Waals surface area contributed by atoms with Crippen molar-refractivity contribution >= 4 is 39.3 Å². The monoisotopic (exact) mass is 367 g/mol. The summed E-state index contributed by atoms with van der Waals surface area (Å²) in [4.78, 5) is 4.26. The van der Waals surface area contributed by atoms with E-state index in [1.54, 1.807) is 16.9 Å². The summed E-state index contributed by atoms with van der Waals surface area (Å²) in [5, 5.41) is 13.5. The smallest absolute Gasteiger partial charge is 0.220 e. The minimum Gasteiger partial charge on any atom is -0.247 e. The van der Waals surface area contributed by atoms with Gasteiger partial charge in [0.1, 0.15) is 5.03 Å². The third-order valence-electron chi connectivity index (χ3n) is 2.40. The number of hydrogen-bond acceptors (Lipinski definition) is 5. The Morgan fingerprint density at radius 3 is 2.75 bits per heavy atom. The van der Waals surface area contributed by atoms with E-state index < -0.39 is 0 Å². The lowest BCUT2D eigenvalue weighted by Gasteiger charge is -2.04. The van der Waals surface area contributed by atoms with Gasteiger partial charge in [0.05, 0.1) is 10.7 Å². The zero-order valence-electron chi connectivity index (χ0n) is 9.94. The van der Waals surface area contributed by atoms with Crippen LogP contribution in [0.15, 0.2) is 57.3 Å². The molecule has 0 amide bonds.